The Kier molecular flexibility index (Phi) is 4.59. The molecule has 0 spiro atoms. The lowest BCUT2D eigenvalue weighted by atomic mass is 10.1. The predicted octanol–water partition coefficient (Wildman–Crippen LogP) is 4.90. The van der Waals surface area contributed by atoms with Gasteiger partial charge in [-0.1, -0.05) is 0 Å². The molecule has 4 aromatic rings. The molecule has 0 aliphatic carbocycles. The van der Waals surface area contributed by atoms with E-state index in [1.54, 1.807) is 45.3 Å². The number of pyridine rings is 1. The maximum absolute atomic E-state index is 13.3. The van der Waals surface area contributed by atoms with E-state index in [0.29, 0.717) is 22.6 Å². The summed E-state index contributed by atoms with van der Waals surface area (Å²) in [6, 6.07) is 9.03. The number of carbonyl (C=O) groups excluding carboxylic acids is 1. The van der Waals surface area contributed by atoms with Crippen LogP contribution in [-0.4, -0.2) is 31.4 Å². The van der Waals surface area contributed by atoms with Gasteiger partial charge in [-0.2, -0.15) is 10.4 Å². The average Bonchev–Trinajstić information content (AvgIpc) is 3.32. The third-order valence-electron chi connectivity index (χ3n) is 4.50. The van der Waals surface area contributed by atoms with Gasteiger partial charge < -0.3 is 9.84 Å². The molecule has 1 N–H and O–H groups in total. The number of amides is 1. The molecule has 0 fully saturated rings. The van der Waals surface area contributed by atoms with E-state index in [2.05, 4.69) is 10.1 Å². The third-order valence-corrected chi connectivity index (χ3v) is 5.29. The third kappa shape index (κ3) is 3.21. The van der Waals surface area contributed by atoms with Gasteiger partial charge in [0.15, 0.2) is 5.82 Å². The number of hydrogen-bond acceptors (Lipinski definition) is 7. The average molecular weight is 421 g/mol. The van der Waals surface area contributed by atoms with Gasteiger partial charge in [-0.05, 0) is 52.0 Å². The van der Waals surface area contributed by atoms with Crippen molar-refractivity contribution in [2.45, 2.75) is 33.3 Å². The Morgan fingerprint density at radius 3 is 2.80 bits per heavy atom. The Labute approximate surface area is 176 Å². The van der Waals surface area contributed by atoms with Gasteiger partial charge in [0, 0.05) is 5.56 Å². The summed E-state index contributed by atoms with van der Waals surface area (Å²) >= 11 is 1.45. The SMILES string of the molecule is Cc1c(O)c(C#N)c2ccnn2c1N(C(=O)OC(C)(C)C)c1ccc2ncsc2c1. The Bertz CT molecular complexity index is 1330. The van der Waals surface area contributed by atoms with Crippen LogP contribution in [0.4, 0.5) is 16.3 Å². The molecule has 0 saturated heterocycles. The molecular formula is C21H19N5O3S. The molecule has 9 heteroatoms. The van der Waals surface area contributed by atoms with Crippen LogP contribution in [0.5, 0.6) is 5.75 Å². The number of hydrogen-bond donors (Lipinski definition) is 1. The Hall–Kier alpha value is -3.64. The zero-order chi connectivity index (χ0) is 21.6. The van der Waals surface area contributed by atoms with Crippen LogP contribution in [0, 0.1) is 18.3 Å². The van der Waals surface area contributed by atoms with Crippen LogP contribution < -0.4 is 4.90 Å². The van der Waals surface area contributed by atoms with Gasteiger partial charge in [-0.15, -0.1) is 11.3 Å². The van der Waals surface area contributed by atoms with E-state index in [1.165, 1.54) is 26.9 Å². The summed E-state index contributed by atoms with van der Waals surface area (Å²) in [7, 11) is 0. The zero-order valence-electron chi connectivity index (χ0n) is 16.9. The first-order valence-corrected chi connectivity index (χ1v) is 10.0. The van der Waals surface area contributed by atoms with Crippen molar-refractivity contribution >= 4 is 44.7 Å². The lowest BCUT2D eigenvalue weighted by molar-refractivity contribution is 0.0597. The molecular weight excluding hydrogens is 402 g/mol. The summed E-state index contributed by atoms with van der Waals surface area (Å²) in [6.45, 7) is 6.97. The van der Waals surface area contributed by atoms with E-state index in [0.717, 1.165) is 10.2 Å². The number of fused-ring (bicyclic) bond motifs is 2. The van der Waals surface area contributed by atoms with Crippen LogP contribution in [0.25, 0.3) is 15.7 Å². The number of aromatic hydroxyl groups is 1. The number of rotatable bonds is 2. The molecule has 8 nitrogen and oxygen atoms in total. The number of anilines is 2. The van der Waals surface area contributed by atoms with Gasteiger partial charge in [0.25, 0.3) is 0 Å². The van der Waals surface area contributed by atoms with Crippen LogP contribution in [0.1, 0.15) is 31.9 Å². The summed E-state index contributed by atoms with van der Waals surface area (Å²) in [6.07, 6.45) is 0.883. The van der Waals surface area contributed by atoms with Crippen LogP contribution in [0.2, 0.25) is 0 Å². The molecule has 3 aromatic heterocycles. The first kappa shape index (κ1) is 19.7. The molecule has 0 radical (unpaired) electrons. The molecule has 30 heavy (non-hydrogen) atoms. The topological polar surface area (TPSA) is 104 Å². The zero-order valence-corrected chi connectivity index (χ0v) is 17.7. The van der Waals surface area contributed by atoms with Crippen molar-refractivity contribution in [3.05, 3.63) is 47.1 Å². The summed E-state index contributed by atoms with van der Waals surface area (Å²) in [5, 5.41) is 24.5. The highest BCUT2D eigenvalue weighted by Crippen LogP contribution is 2.39. The number of benzene rings is 1. The van der Waals surface area contributed by atoms with Gasteiger partial charge in [-0.3, -0.25) is 0 Å². The highest BCUT2D eigenvalue weighted by molar-refractivity contribution is 7.16. The van der Waals surface area contributed by atoms with Crippen molar-refractivity contribution in [3.63, 3.8) is 0 Å². The molecule has 1 amide bonds. The molecule has 4 rings (SSSR count). The Morgan fingerprint density at radius 2 is 2.10 bits per heavy atom. The highest BCUT2D eigenvalue weighted by atomic mass is 32.1. The number of aromatic nitrogens is 3. The fourth-order valence-corrected chi connectivity index (χ4v) is 3.92. The minimum Gasteiger partial charge on any atom is -0.506 e. The van der Waals surface area contributed by atoms with Crippen LogP contribution >= 0.6 is 11.3 Å². The lowest BCUT2D eigenvalue weighted by Gasteiger charge is -2.29. The van der Waals surface area contributed by atoms with Crippen LogP contribution in [0.3, 0.4) is 0 Å². The molecule has 0 bridgehead atoms. The smallest absolute Gasteiger partial charge is 0.420 e. The summed E-state index contributed by atoms with van der Waals surface area (Å²) in [4.78, 5) is 19.0. The quantitative estimate of drug-likeness (QED) is 0.493. The van der Waals surface area contributed by atoms with E-state index in [4.69, 9.17) is 4.74 Å². The number of thiazole rings is 1. The minimum atomic E-state index is -0.740. The number of nitriles is 1. The van der Waals surface area contributed by atoms with Gasteiger partial charge in [0.05, 0.1) is 33.1 Å². The number of carbonyl (C=O) groups is 1. The van der Waals surface area contributed by atoms with Crippen molar-refractivity contribution in [1.29, 1.82) is 5.26 Å². The van der Waals surface area contributed by atoms with Crippen molar-refractivity contribution in [2.24, 2.45) is 0 Å². The fourth-order valence-electron chi connectivity index (χ4n) is 3.21. The van der Waals surface area contributed by atoms with Crippen molar-refractivity contribution in [1.82, 2.24) is 14.6 Å². The minimum absolute atomic E-state index is 0.0933. The van der Waals surface area contributed by atoms with E-state index in [-0.39, 0.29) is 11.3 Å². The van der Waals surface area contributed by atoms with E-state index in [1.807, 2.05) is 18.2 Å². The predicted molar refractivity (Wildman–Crippen MR) is 114 cm³/mol. The summed E-state index contributed by atoms with van der Waals surface area (Å²) in [5.74, 6) is 0.0949. The van der Waals surface area contributed by atoms with Gasteiger partial charge in [0.1, 0.15) is 23.0 Å². The standard InChI is InChI=1S/C21H19N5O3S/c1-12-18(27)14(10-22)16-7-8-24-26(16)19(12)25(20(28)29-21(2,3)4)13-5-6-15-17(9-13)30-11-23-15/h5-9,11,27H,1-4H3. The maximum atomic E-state index is 13.3. The van der Waals surface area contributed by atoms with Crippen molar-refractivity contribution in [2.75, 3.05) is 4.90 Å². The second-order valence-electron chi connectivity index (χ2n) is 7.73. The largest absolute Gasteiger partial charge is 0.506 e. The second kappa shape index (κ2) is 7.00. The molecule has 3 heterocycles. The summed E-state index contributed by atoms with van der Waals surface area (Å²) < 4.78 is 8.03. The molecule has 152 valence electrons. The molecule has 0 unspecified atom stereocenters. The normalized spacial score (nSPS) is 11.6. The Morgan fingerprint density at radius 1 is 1.33 bits per heavy atom. The highest BCUT2D eigenvalue weighted by Gasteiger charge is 2.31. The van der Waals surface area contributed by atoms with Crippen LogP contribution in [0.15, 0.2) is 36.0 Å². The van der Waals surface area contributed by atoms with E-state index < -0.39 is 11.7 Å². The first-order chi connectivity index (χ1) is 14.2. The lowest BCUT2D eigenvalue weighted by Crippen LogP contribution is -2.35. The molecule has 0 saturated carbocycles. The number of nitrogens with zero attached hydrogens (tertiary/aromatic N) is 5. The first-order valence-electron chi connectivity index (χ1n) is 9.17. The molecule has 0 aliphatic heterocycles. The second-order valence-corrected chi connectivity index (χ2v) is 8.62. The molecule has 0 aliphatic rings. The van der Waals surface area contributed by atoms with Gasteiger partial charge >= 0.3 is 6.09 Å². The van der Waals surface area contributed by atoms with Gasteiger partial charge in [-0.25, -0.2) is 19.2 Å². The van der Waals surface area contributed by atoms with E-state index >= 15 is 0 Å². The van der Waals surface area contributed by atoms with Crippen LogP contribution in [-0.2, 0) is 4.74 Å². The number of ether oxygens (including phenoxy) is 1. The maximum Gasteiger partial charge on any atom is 0.420 e. The molecule has 0 atom stereocenters. The van der Waals surface area contributed by atoms with Crippen molar-refractivity contribution in [3.8, 4) is 11.8 Å². The van der Waals surface area contributed by atoms with Gasteiger partial charge in [0.2, 0.25) is 0 Å². The Balaban J connectivity index is 2.01. The monoisotopic (exact) mass is 421 g/mol. The fraction of sp³-hybridized carbons (Fsp3) is 0.238. The summed E-state index contributed by atoms with van der Waals surface area (Å²) in [5.41, 5.74) is 3.16. The molecule has 1 aromatic carbocycles. The van der Waals surface area contributed by atoms with Crippen molar-refractivity contribution < 1.29 is 14.6 Å². The van der Waals surface area contributed by atoms with E-state index in [9.17, 15) is 15.2 Å².